The number of halogens is 1. The zero-order valence-corrected chi connectivity index (χ0v) is 19.3. The molecule has 1 aliphatic heterocycles. The normalized spacial score (nSPS) is 19.3. The molecule has 2 aromatic rings. The van der Waals surface area contributed by atoms with Crippen molar-refractivity contribution < 1.29 is 18.4 Å². The smallest absolute Gasteiger partial charge is 0.252 e. The molecule has 160 valence electrons. The van der Waals surface area contributed by atoms with Gasteiger partial charge in [0.25, 0.3) is 5.91 Å². The Hall–Kier alpha value is -2.67. The van der Waals surface area contributed by atoms with E-state index in [2.05, 4.69) is 39.2 Å². The zero-order chi connectivity index (χ0) is 22.3. The summed E-state index contributed by atoms with van der Waals surface area (Å²) in [5, 5.41) is 2.82. The Morgan fingerprint density at radius 2 is 1.63 bits per heavy atom. The number of carbonyl (C=O) groups excluding carboxylic acids is 2. The van der Waals surface area contributed by atoms with Gasteiger partial charge in [0, 0.05) is 12.6 Å². The molecule has 1 heterocycles. The standard InChI is InChI=1S/C23H29FN2O3Si/c1-15(27)25-20-21(26(22(20)28)18-11-9-17(24)10-12-18)16-7-13-19(14-8-16)29-30(5,6)23(2,3)4/h7-14,20-21H,1-6H3,(H,25,27)/t20-,21-/m1/s1. The summed E-state index contributed by atoms with van der Waals surface area (Å²) in [5.41, 5.74) is 1.47. The Morgan fingerprint density at radius 3 is 2.13 bits per heavy atom. The van der Waals surface area contributed by atoms with Gasteiger partial charge in [-0.2, -0.15) is 0 Å². The number of amides is 2. The van der Waals surface area contributed by atoms with E-state index in [0.29, 0.717) is 5.69 Å². The molecule has 0 spiro atoms. The first-order valence-corrected chi connectivity index (χ1v) is 13.0. The fourth-order valence-corrected chi connectivity index (χ4v) is 4.29. The van der Waals surface area contributed by atoms with Gasteiger partial charge < -0.3 is 14.6 Å². The molecule has 7 heteroatoms. The minimum absolute atomic E-state index is 0.0853. The van der Waals surface area contributed by atoms with Crippen molar-refractivity contribution in [1.29, 1.82) is 0 Å². The van der Waals surface area contributed by atoms with Crippen molar-refractivity contribution >= 4 is 25.8 Å². The van der Waals surface area contributed by atoms with Gasteiger partial charge in [0.15, 0.2) is 0 Å². The summed E-state index contributed by atoms with van der Waals surface area (Å²) >= 11 is 0. The number of nitrogens with one attached hydrogen (secondary N) is 1. The third-order valence-electron chi connectivity index (χ3n) is 5.96. The molecule has 0 saturated carbocycles. The number of rotatable bonds is 5. The summed E-state index contributed by atoms with van der Waals surface area (Å²) < 4.78 is 19.7. The molecule has 1 N–H and O–H groups in total. The third kappa shape index (κ3) is 4.26. The van der Waals surface area contributed by atoms with E-state index in [4.69, 9.17) is 4.43 Å². The van der Waals surface area contributed by atoms with Crippen LogP contribution in [0.4, 0.5) is 10.1 Å². The van der Waals surface area contributed by atoms with Crippen molar-refractivity contribution in [3.05, 3.63) is 59.9 Å². The second-order valence-electron chi connectivity index (χ2n) is 9.24. The van der Waals surface area contributed by atoms with E-state index in [1.807, 2.05) is 24.3 Å². The lowest BCUT2D eigenvalue weighted by molar-refractivity contribution is -0.132. The summed E-state index contributed by atoms with van der Waals surface area (Å²) in [7, 11) is -1.96. The lowest BCUT2D eigenvalue weighted by Crippen LogP contribution is -2.65. The quantitative estimate of drug-likeness (QED) is 0.550. The van der Waals surface area contributed by atoms with Gasteiger partial charge in [0.05, 0.1) is 6.04 Å². The maximum absolute atomic E-state index is 13.3. The van der Waals surface area contributed by atoms with Crippen molar-refractivity contribution in [1.82, 2.24) is 5.32 Å². The number of benzene rings is 2. The second kappa shape index (κ2) is 7.87. The molecule has 0 bridgehead atoms. The number of hydrogen-bond acceptors (Lipinski definition) is 3. The topological polar surface area (TPSA) is 58.6 Å². The van der Waals surface area contributed by atoms with Gasteiger partial charge >= 0.3 is 0 Å². The molecule has 0 aromatic heterocycles. The van der Waals surface area contributed by atoms with Crippen molar-refractivity contribution in [2.24, 2.45) is 0 Å². The highest BCUT2D eigenvalue weighted by Crippen LogP contribution is 2.41. The van der Waals surface area contributed by atoms with E-state index < -0.39 is 14.4 Å². The zero-order valence-electron chi connectivity index (χ0n) is 18.3. The van der Waals surface area contributed by atoms with Crippen molar-refractivity contribution in [2.45, 2.75) is 57.9 Å². The van der Waals surface area contributed by atoms with Crippen molar-refractivity contribution in [3.63, 3.8) is 0 Å². The van der Waals surface area contributed by atoms with Gasteiger partial charge in [-0.25, -0.2) is 4.39 Å². The first kappa shape index (κ1) is 22.0. The monoisotopic (exact) mass is 428 g/mol. The molecule has 0 aliphatic carbocycles. The summed E-state index contributed by atoms with van der Waals surface area (Å²) in [4.78, 5) is 25.9. The molecule has 2 atom stereocenters. The predicted molar refractivity (Wildman–Crippen MR) is 118 cm³/mol. The molecule has 2 aromatic carbocycles. The minimum atomic E-state index is -1.96. The summed E-state index contributed by atoms with van der Waals surface area (Å²) in [6, 6.07) is 12.4. The first-order chi connectivity index (χ1) is 13.9. The summed E-state index contributed by atoms with van der Waals surface area (Å²) in [6.45, 7) is 12.3. The Labute approximate surface area is 178 Å². The van der Waals surface area contributed by atoms with Crippen LogP contribution >= 0.6 is 0 Å². The van der Waals surface area contributed by atoms with Crippen LogP contribution in [-0.4, -0.2) is 26.2 Å². The number of anilines is 1. The fourth-order valence-electron chi connectivity index (χ4n) is 3.26. The lowest BCUT2D eigenvalue weighted by Gasteiger charge is -2.47. The Bertz CT molecular complexity index is 936. The fraction of sp³-hybridized carbons (Fsp3) is 0.391. The van der Waals surface area contributed by atoms with Crippen molar-refractivity contribution in [3.8, 4) is 5.75 Å². The highest BCUT2D eigenvalue weighted by molar-refractivity contribution is 6.74. The van der Waals surface area contributed by atoms with E-state index in [1.54, 1.807) is 17.0 Å². The van der Waals surface area contributed by atoms with Crippen LogP contribution in [0.15, 0.2) is 48.5 Å². The van der Waals surface area contributed by atoms with Crippen LogP contribution in [0.1, 0.15) is 39.3 Å². The van der Waals surface area contributed by atoms with Crippen LogP contribution in [0.3, 0.4) is 0 Å². The Kier molecular flexibility index (Phi) is 5.78. The Balaban J connectivity index is 1.88. The SMILES string of the molecule is CC(=O)N[C@H]1C(=O)N(c2ccc(F)cc2)[C@@H]1c1ccc(O[Si](C)(C)C(C)(C)C)cc1. The first-order valence-electron chi connectivity index (χ1n) is 10.1. The van der Waals surface area contributed by atoms with E-state index >= 15 is 0 Å². The number of β-lactam (4-membered cyclic amide) rings is 1. The van der Waals surface area contributed by atoms with Crippen molar-refractivity contribution in [2.75, 3.05) is 4.90 Å². The van der Waals surface area contributed by atoms with Crippen LogP contribution in [0.5, 0.6) is 5.75 Å². The van der Waals surface area contributed by atoms with Gasteiger partial charge in [-0.1, -0.05) is 32.9 Å². The van der Waals surface area contributed by atoms with Crippen LogP contribution in [0, 0.1) is 5.82 Å². The largest absolute Gasteiger partial charge is 0.544 e. The molecule has 3 rings (SSSR count). The maximum Gasteiger partial charge on any atom is 0.252 e. The molecular formula is C23H29FN2O3Si. The molecule has 2 amide bonds. The van der Waals surface area contributed by atoms with E-state index in [9.17, 15) is 14.0 Å². The maximum atomic E-state index is 13.3. The van der Waals surface area contributed by atoms with Crippen LogP contribution in [-0.2, 0) is 9.59 Å². The molecule has 30 heavy (non-hydrogen) atoms. The highest BCUT2D eigenvalue weighted by atomic mass is 28.4. The molecule has 5 nitrogen and oxygen atoms in total. The molecule has 1 fully saturated rings. The molecule has 1 aliphatic rings. The lowest BCUT2D eigenvalue weighted by atomic mass is 9.87. The summed E-state index contributed by atoms with van der Waals surface area (Å²) in [5.74, 6) is -0.0624. The number of carbonyl (C=O) groups is 2. The summed E-state index contributed by atoms with van der Waals surface area (Å²) in [6.07, 6.45) is 0. The number of hydrogen-bond donors (Lipinski definition) is 1. The van der Waals surface area contributed by atoms with Crippen LogP contribution < -0.4 is 14.6 Å². The average Bonchev–Trinajstić information content (AvgIpc) is 2.65. The number of nitrogens with zero attached hydrogens (tertiary/aromatic N) is 1. The minimum Gasteiger partial charge on any atom is -0.544 e. The van der Waals surface area contributed by atoms with Gasteiger partial charge in [-0.05, 0) is 60.1 Å². The van der Waals surface area contributed by atoms with E-state index in [-0.39, 0.29) is 28.7 Å². The second-order valence-corrected chi connectivity index (χ2v) is 14.0. The molecule has 1 saturated heterocycles. The highest BCUT2D eigenvalue weighted by Gasteiger charge is 2.49. The van der Waals surface area contributed by atoms with Gasteiger partial charge in [-0.15, -0.1) is 0 Å². The van der Waals surface area contributed by atoms with E-state index in [1.165, 1.54) is 19.1 Å². The molecular weight excluding hydrogens is 399 g/mol. The predicted octanol–water partition coefficient (Wildman–Crippen LogP) is 4.80. The van der Waals surface area contributed by atoms with Gasteiger partial charge in [0.2, 0.25) is 14.2 Å². The molecule has 0 unspecified atom stereocenters. The Morgan fingerprint density at radius 1 is 1.07 bits per heavy atom. The van der Waals surface area contributed by atoms with Gasteiger partial charge in [0.1, 0.15) is 17.6 Å². The van der Waals surface area contributed by atoms with E-state index in [0.717, 1.165) is 11.3 Å². The molecule has 0 radical (unpaired) electrons. The average molecular weight is 429 g/mol. The van der Waals surface area contributed by atoms with Crippen LogP contribution in [0.25, 0.3) is 0 Å². The van der Waals surface area contributed by atoms with Crippen LogP contribution in [0.2, 0.25) is 18.1 Å². The third-order valence-corrected chi connectivity index (χ3v) is 10.3. The van der Waals surface area contributed by atoms with Gasteiger partial charge in [-0.3, -0.25) is 9.59 Å².